The van der Waals surface area contributed by atoms with E-state index in [1.807, 2.05) is 7.05 Å². The molecule has 7 nitrogen and oxygen atoms in total. The van der Waals surface area contributed by atoms with Crippen molar-refractivity contribution in [2.45, 2.75) is 42.7 Å². The Hall–Kier alpha value is -1.48. The number of carbonyl (C=O) groups is 1. The van der Waals surface area contributed by atoms with E-state index in [0.717, 1.165) is 19.3 Å². The fourth-order valence-electron chi connectivity index (χ4n) is 3.36. The average molecular weight is 381 g/mol. The third kappa shape index (κ3) is 4.09. The summed E-state index contributed by atoms with van der Waals surface area (Å²) in [7, 11) is -1.73. The molecule has 1 saturated heterocycles. The highest BCUT2D eigenvalue weighted by Crippen LogP contribution is 2.22. The predicted molar refractivity (Wildman–Crippen MR) is 98.4 cm³/mol. The molecule has 144 valence electrons. The maximum absolute atomic E-state index is 13.0. The summed E-state index contributed by atoms with van der Waals surface area (Å²) < 4.78 is 27.5. The Bertz CT molecular complexity index is 749. The number of likely N-dealkylation sites (N-methyl/N-ethyl adjacent to an activating group) is 1. The molecule has 0 radical (unpaired) electrons. The number of hydrogen-bond acceptors (Lipinski definition) is 5. The monoisotopic (exact) mass is 381 g/mol. The first-order chi connectivity index (χ1) is 12.4. The van der Waals surface area contributed by atoms with E-state index in [4.69, 9.17) is 0 Å². The lowest BCUT2D eigenvalue weighted by molar-refractivity contribution is 0.0916. The largest absolute Gasteiger partial charge is 0.396 e. The second kappa shape index (κ2) is 8.04. The highest BCUT2D eigenvalue weighted by Gasteiger charge is 2.32. The van der Waals surface area contributed by atoms with Crippen molar-refractivity contribution < 1.29 is 18.3 Å². The highest BCUT2D eigenvalue weighted by molar-refractivity contribution is 7.89. The summed E-state index contributed by atoms with van der Waals surface area (Å²) in [4.78, 5) is 14.5. The molecule has 1 atom stereocenters. The van der Waals surface area contributed by atoms with Crippen LogP contribution >= 0.6 is 0 Å². The van der Waals surface area contributed by atoms with Crippen LogP contribution < -0.4 is 5.32 Å². The van der Waals surface area contributed by atoms with E-state index < -0.39 is 10.0 Å². The molecule has 1 aromatic carbocycles. The van der Waals surface area contributed by atoms with Crippen molar-refractivity contribution in [1.82, 2.24) is 14.5 Å². The van der Waals surface area contributed by atoms with Gasteiger partial charge < -0.3 is 15.3 Å². The standard InChI is InChI=1S/C18H27N3O4S/c1-20-9-10-21(13-16(20)8-11-22)26(24,25)17-7-2-4-14(12-17)18(23)19-15-5-3-6-15/h2,4,7,12,15-16,22H,3,5-6,8-11,13H2,1H3,(H,19,23)/t16-/m1/s1. The summed E-state index contributed by atoms with van der Waals surface area (Å²) in [5, 5.41) is 12.1. The number of hydrogen-bond donors (Lipinski definition) is 2. The average Bonchev–Trinajstić information content (AvgIpc) is 2.60. The molecule has 8 heteroatoms. The van der Waals surface area contributed by atoms with Crippen LogP contribution in [-0.4, -0.2) is 74.0 Å². The van der Waals surface area contributed by atoms with Crippen LogP contribution in [0.2, 0.25) is 0 Å². The number of piperazine rings is 1. The fourth-order valence-corrected chi connectivity index (χ4v) is 4.88. The van der Waals surface area contributed by atoms with Gasteiger partial charge in [0.05, 0.1) is 4.90 Å². The van der Waals surface area contributed by atoms with Crippen LogP contribution in [0.25, 0.3) is 0 Å². The van der Waals surface area contributed by atoms with Gasteiger partial charge in [-0.3, -0.25) is 4.79 Å². The van der Waals surface area contributed by atoms with Crippen LogP contribution in [0.4, 0.5) is 0 Å². The van der Waals surface area contributed by atoms with E-state index in [2.05, 4.69) is 10.2 Å². The van der Waals surface area contributed by atoms with Crippen molar-refractivity contribution in [3.63, 3.8) is 0 Å². The molecule has 1 saturated carbocycles. The molecule has 1 aliphatic carbocycles. The van der Waals surface area contributed by atoms with Crippen LogP contribution in [-0.2, 0) is 10.0 Å². The number of benzene rings is 1. The maximum atomic E-state index is 13.0. The number of carbonyl (C=O) groups excluding carboxylic acids is 1. The zero-order chi connectivity index (χ0) is 18.7. The minimum absolute atomic E-state index is 0.00590. The van der Waals surface area contributed by atoms with E-state index in [0.29, 0.717) is 31.6 Å². The maximum Gasteiger partial charge on any atom is 0.251 e. The molecule has 26 heavy (non-hydrogen) atoms. The number of aliphatic hydroxyl groups excluding tert-OH is 1. The fraction of sp³-hybridized carbons (Fsp3) is 0.611. The molecule has 3 rings (SSSR count). The van der Waals surface area contributed by atoms with Gasteiger partial charge in [-0.05, 0) is 50.9 Å². The molecular formula is C18H27N3O4S. The molecular weight excluding hydrogens is 354 g/mol. The number of nitrogens with zero attached hydrogens (tertiary/aromatic N) is 2. The van der Waals surface area contributed by atoms with Gasteiger partial charge in [0.2, 0.25) is 10.0 Å². The van der Waals surface area contributed by atoms with Gasteiger partial charge in [-0.15, -0.1) is 0 Å². The molecule has 2 fully saturated rings. The van der Waals surface area contributed by atoms with Crippen LogP contribution in [0.15, 0.2) is 29.2 Å². The van der Waals surface area contributed by atoms with E-state index in [1.165, 1.54) is 16.4 Å². The summed E-state index contributed by atoms with van der Waals surface area (Å²) in [6.07, 6.45) is 3.62. The first-order valence-corrected chi connectivity index (χ1v) is 10.6. The van der Waals surface area contributed by atoms with E-state index >= 15 is 0 Å². The highest BCUT2D eigenvalue weighted by atomic mass is 32.2. The Morgan fingerprint density at radius 1 is 1.31 bits per heavy atom. The lowest BCUT2D eigenvalue weighted by Crippen LogP contribution is -2.53. The van der Waals surface area contributed by atoms with Gasteiger partial charge in [0.25, 0.3) is 5.91 Å². The zero-order valence-corrected chi connectivity index (χ0v) is 15.9. The van der Waals surface area contributed by atoms with Crippen molar-refractivity contribution in [3.05, 3.63) is 29.8 Å². The van der Waals surface area contributed by atoms with Gasteiger partial charge in [0.15, 0.2) is 0 Å². The smallest absolute Gasteiger partial charge is 0.251 e. The molecule has 1 aromatic rings. The van der Waals surface area contributed by atoms with Crippen molar-refractivity contribution in [3.8, 4) is 0 Å². The van der Waals surface area contributed by atoms with Crippen molar-refractivity contribution >= 4 is 15.9 Å². The van der Waals surface area contributed by atoms with Crippen LogP contribution in [0.5, 0.6) is 0 Å². The molecule has 0 aromatic heterocycles. The molecule has 0 spiro atoms. The van der Waals surface area contributed by atoms with Crippen LogP contribution in [0.3, 0.4) is 0 Å². The number of amides is 1. The van der Waals surface area contributed by atoms with Crippen LogP contribution in [0.1, 0.15) is 36.0 Å². The Labute approximate surface area is 155 Å². The lowest BCUT2D eigenvalue weighted by Gasteiger charge is -2.38. The second-order valence-corrected chi connectivity index (χ2v) is 9.08. The van der Waals surface area contributed by atoms with Crippen LogP contribution in [0, 0.1) is 0 Å². The number of nitrogens with one attached hydrogen (secondary N) is 1. The van der Waals surface area contributed by atoms with Gasteiger partial charge in [-0.1, -0.05) is 6.07 Å². The molecule has 2 N–H and O–H groups in total. The van der Waals surface area contributed by atoms with Gasteiger partial charge in [0, 0.05) is 43.9 Å². The van der Waals surface area contributed by atoms with E-state index in [9.17, 15) is 18.3 Å². The summed E-state index contributed by atoms with van der Waals surface area (Å²) >= 11 is 0. The third-order valence-corrected chi connectivity index (χ3v) is 7.24. The molecule has 0 bridgehead atoms. The summed E-state index contributed by atoms with van der Waals surface area (Å²) in [5.74, 6) is -0.219. The minimum atomic E-state index is -3.67. The SMILES string of the molecule is CN1CCN(S(=O)(=O)c2cccc(C(=O)NC3CCC3)c2)C[C@H]1CCO. The molecule has 0 unspecified atom stereocenters. The van der Waals surface area contributed by atoms with Gasteiger partial charge in [0.1, 0.15) is 0 Å². The lowest BCUT2D eigenvalue weighted by atomic mass is 9.93. The normalized spacial score (nSPS) is 22.8. The Morgan fingerprint density at radius 3 is 2.73 bits per heavy atom. The molecule has 2 aliphatic rings. The van der Waals surface area contributed by atoms with Crippen molar-refractivity contribution in [1.29, 1.82) is 0 Å². The first kappa shape index (κ1) is 19.3. The quantitative estimate of drug-likeness (QED) is 0.755. The van der Waals surface area contributed by atoms with E-state index in [-0.39, 0.29) is 29.5 Å². The number of aliphatic hydroxyl groups is 1. The van der Waals surface area contributed by atoms with Crippen molar-refractivity contribution in [2.24, 2.45) is 0 Å². The van der Waals surface area contributed by atoms with Crippen molar-refractivity contribution in [2.75, 3.05) is 33.3 Å². The first-order valence-electron chi connectivity index (χ1n) is 9.14. The second-order valence-electron chi connectivity index (χ2n) is 7.14. The molecule has 1 heterocycles. The molecule has 1 amide bonds. The van der Waals surface area contributed by atoms with Gasteiger partial charge in [-0.25, -0.2) is 8.42 Å². The predicted octanol–water partition coefficient (Wildman–Crippen LogP) is 0.656. The Morgan fingerprint density at radius 2 is 2.08 bits per heavy atom. The van der Waals surface area contributed by atoms with Gasteiger partial charge in [-0.2, -0.15) is 4.31 Å². The molecule has 1 aliphatic heterocycles. The number of rotatable bonds is 6. The van der Waals surface area contributed by atoms with Gasteiger partial charge >= 0.3 is 0 Å². The summed E-state index contributed by atoms with van der Waals surface area (Å²) in [6.45, 7) is 1.39. The Kier molecular flexibility index (Phi) is 5.96. The topological polar surface area (TPSA) is 90.0 Å². The summed E-state index contributed by atoms with van der Waals surface area (Å²) in [5.41, 5.74) is 0.374. The minimum Gasteiger partial charge on any atom is -0.396 e. The summed E-state index contributed by atoms with van der Waals surface area (Å²) in [6, 6.07) is 6.46. The zero-order valence-electron chi connectivity index (χ0n) is 15.1. The van der Waals surface area contributed by atoms with E-state index in [1.54, 1.807) is 12.1 Å². The third-order valence-electron chi connectivity index (χ3n) is 5.38. The number of sulfonamides is 1. The Balaban J connectivity index is 1.76.